The van der Waals surface area contributed by atoms with Crippen LogP contribution in [0.25, 0.3) is 0 Å². The summed E-state index contributed by atoms with van der Waals surface area (Å²) in [6.07, 6.45) is -0.376. The quantitative estimate of drug-likeness (QED) is 0.887. The number of halogens is 1. The number of nitrogens with one attached hydrogen (secondary N) is 1. The van der Waals surface area contributed by atoms with Gasteiger partial charge in [0.05, 0.1) is 6.04 Å². The van der Waals surface area contributed by atoms with Gasteiger partial charge in [0.15, 0.2) is 0 Å². The van der Waals surface area contributed by atoms with Gasteiger partial charge in [-0.2, -0.15) is 0 Å². The van der Waals surface area contributed by atoms with Gasteiger partial charge in [-0.1, -0.05) is 30.3 Å². The van der Waals surface area contributed by atoms with Gasteiger partial charge in [0.1, 0.15) is 13.3 Å². The van der Waals surface area contributed by atoms with E-state index in [1.807, 2.05) is 30.3 Å². The molecule has 1 fully saturated rings. The molecule has 0 radical (unpaired) electrons. The summed E-state index contributed by atoms with van der Waals surface area (Å²) in [7, 11) is 0. The van der Waals surface area contributed by atoms with E-state index >= 15 is 0 Å². The maximum Gasteiger partial charge on any atom is 0.410 e. The zero-order valence-corrected chi connectivity index (χ0v) is 10.1. The average molecular weight is 252 g/mol. The van der Waals surface area contributed by atoms with Crippen LogP contribution in [-0.2, 0) is 11.3 Å². The summed E-state index contributed by atoms with van der Waals surface area (Å²) in [6.45, 7) is 1.32. The van der Waals surface area contributed by atoms with Crippen LogP contribution < -0.4 is 5.32 Å². The van der Waals surface area contributed by atoms with E-state index < -0.39 is 6.67 Å². The van der Waals surface area contributed by atoms with E-state index in [0.29, 0.717) is 19.6 Å². The topological polar surface area (TPSA) is 41.6 Å². The van der Waals surface area contributed by atoms with Gasteiger partial charge in [0, 0.05) is 19.6 Å². The minimum Gasteiger partial charge on any atom is -0.445 e. The first-order valence-corrected chi connectivity index (χ1v) is 6.04. The zero-order chi connectivity index (χ0) is 12.8. The zero-order valence-electron chi connectivity index (χ0n) is 10.1. The Morgan fingerprint density at radius 2 is 2.22 bits per heavy atom. The molecular formula is C13H17FN2O2. The predicted molar refractivity (Wildman–Crippen MR) is 66.0 cm³/mol. The van der Waals surface area contributed by atoms with Gasteiger partial charge in [0.2, 0.25) is 0 Å². The largest absolute Gasteiger partial charge is 0.445 e. The van der Waals surface area contributed by atoms with E-state index in [9.17, 15) is 9.18 Å². The molecule has 1 saturated heterocycles. The Kier molecular flexibility index (Phi) is 4.52. The number of carbonyl (C=O) groups is 1. The second-order valence-electron chi connectivity index (χ2n) is 4.29. The van der Waals surface area contributed by atoms with E-state index in [4.69, 9.17) is 4.74 Å². The second kappa shape index (κ2) is 6.35. The summed E-state index contributed by atoms with van der Waals surface area (Å²) < 4.78 is 17.7. The number of nitrogens with zero attached hydrogens (tertiary/aromatic N) is 1. The Bertz CT molecular complexity index is 386. The van der Waals surface area contributed by atoms with Crippen molar-refractivity contribution < 1.29 is 13.9 Å². The standard InChI is InChI=1S/C13H17FN2O2/c14-8-12-9-16(7-6-15-12)13(17)18-10-11-4-2-1-3-5-11/h1-5,12,15H,6-10H2/t12-/m1/s1. The minimum atomic E-state index is -0.470. The fourth-order valence-corrected chi connectivity index (χ4v) is 1.91. The molecule has 0 unspecified atom stereocenters. The van der Waals surface area contributed by atoms with E-state index in [2.05, 4.69) is 5.32 Å². The van der Waals surface area contributed by atoms with Gasteiger partial charge in [-0.05, 0) is 5.56 Å². The summed E-state index contributed by atoms with van der Waals surface area (Å²) in [5.41, 5.74) is 0.947. The summed E-state index contributed by atoms with van der Waals surface area (Å²) in [5.74, 6) is 0. The highest BCUT2D eigenvalue weighted by Gasteiger charge is 2.23. The van der Waals surface area contributed by atoms with Crippen LogP contribution in [0.4, 0.5) is 9.18 Å². The van der Waals surface area contributed by atoms with Crippen LogP contribution in [0.5, 0.6) is 0 Å². The highest BCUT2D eigenvalue weighted by Crippen LogP contribution is 2.06. The lowest BCUT2D eigenvalue weighted by atomic mass is 10.2. The van der Waals surface area contributed by atoms with E-state index in [-0.39, 0.29) is 18.7 Å². The van der Waals surface area contributed by atoms with Gasteiger partial charge >= 0.3 is 6.09 Å². The number of alkyl halides is 1. The highest BCUT2D eigenvalue weighted by molar-refractivity contribution is 5.67. The molecule has 1 aliphatic rings. The number of hydrogen-bond donors (Lipinski definition) is 1. The van der Waals surface area contributed by atoms with Crippen molar-refractivity contribution in [3.05, 3.63) is 35.9 Å². The number of piperazine rings is 1. The monoisotopic (exact) mass is 252 g/mol. The van der Waals surface area contributed by atoms with Crippen molar-refractivity contribution in [2.45, 2.75) is 12.6 Å². The fourth-order valence-electron chi connectivity index (χ4n) is 1.91. The first-order valence-electron chi connectivity index (χ1n) is 6.04. The first kappa shape index (κ1) is 12.8. The molecule has 0 aromatic heterocycles. The Balaban J connectivity index is 1.81. The van der Waals surface area contributed by atoms with Crippen LogP contribution in [-0.4, -0.2) is 43.3 Å². The first-order chi connectivity index (χ1) is 8.79. The van der Waals surface area contributed by atoms with E-state index in [1.165, 1.54) is 0 Å². The third kappa shape index (κ3) is 3.43. The van der Waals surface area contributed by atoms with Gasteiger partial charge in [0.25, 0.3) is 0 Å². The number of amides is 1. The van der Waals surface area contributed by atoms with Crippen LogP contribution in [0.2, 0.25) is 0 Å². The lowest BCUT2D eigenvalue weighted by Gasteiger charge is -2.31. The van der Waals surface area contributed by atoms with Crippen LogP contribution in [0.15, 0.2) is 30.3 Å². The number of benzene rings is 1. The Hall–Kier alpha value is -1.62. The molecule has 1 atom stereocenters. The van der Waals surface area contributed by atoms with Crippen LogP contribution in [0, 0.1) is 0 Å². The Labute approximate surface area is 106 Å². The molecule has 1 aromatic carbocycles. The van der Waals surface area contributed by atoms with Crippen molar-refractivity contribution in [1.82, 2.24) is 10.2 Å². The van der Waals surface area contributed by atoms with Crippen molar-refractivity contribution in [1.29, 1.82) is 0 Å². The maximum atomic E-state index is 12.5. The summed E-state index contributed by atoms with van der Waals surface area (Å²) >= 11 is 0. The molecule has 0 saturated carbocycles. The lowest BCUT2D eigenvalue weighted by molar-refractivity contribution is 0.0827. The molecular weight excluding hydrogens is 235 g/mol. The molecule has 0 spiro atoms. The molecule has 5 heteroatoms. The normalized spacial score (nSPS) is 19.6. The van der Waals surface area contributed by atoms with Gasteiger partial charge in [-0.3, -0.25) is 0 Å². The molecule has 18 heavy (non-hydrogen) atoms. The third-order valence-electron chi connectivity index (χ3n) is 2.91. The van der Waals surface area contributed by atoms with Crippen LogP contribution in [0.3, 0.4) is 0 Å². The molecule has 1 amide bonds. The molecule has 2 rings (SSSR count). The molecule has 0 aliphatic carbocycles. The number of hydrogen-bond acceptors (Lipinski definition) is 3. The van der Waals surface area contributed by atoms with E-state index in [0.717, 1.165) is 5.56 Å². The predicted octanol–water partition coefficient (Wildman–Crippen LogP) is 1.57. The van der Waals surface area contributed by atoms with Crippen molar-refractivity contribution in [2.75, 3.05) is 26.3 Å². The Morgan fingerprint density at radius 1 is 1.44 bits per heavy atom. The smallest absolute Gasteiger partial charge is 0.410 e. The molecule has 1 aliphatic heterocycles. The molecule has 98 valence electrons. The summed E-state index contributed by atoms with van der Waals surface area (Å²) in [4.78, 5) is 13.3. The number of carbonyl (C=O) groups excluding carboxylic acids is 1. The number of rotatable bonds is 3. The SMILES string of the molecule is O=C(OCc1ccccc1)N1CCN[C@H](CF)C1. The third-order valence-corrected chi connectivity index (χ3v) is 2.91. The summed E-state index contributed by atoms with van der Waals surface area (Å²) in [6, 6.07) is 9.22. The van der Waals surface area contributed by atoms with Crippen LogP contribution >= 0.6 is 0 Å². The van der Waals surface area contributed by atoms with Crippen molar-refractivity contribution >= 4 is 6.09 Å². The molecule has 4 nitrogen and oxygen atoms in total. The molecule has 1 heterocycles. The van der Waals surface area contributed by atoms with Crippen molar-refractivity contribution in [2.24, 2.45) is 0 Å². The van der Waals surface area contributed by atoms with Crippen molar-refractivity contribution in [3.8, 4) is 0 Å². The van der Waals surface area contributed by atoms with Crippen LogP contribution in [0.1, 0.15) is 5.56 Å². The Morgan fingerprint density at radius 3 is 2.94 bits per heavy atom. The lowest BCUT2D eigenvalue weighted by Crippen LogP contribution is -2.53. The minimum absolute atomic E-state index is 0.254. The van der Waals surface area contributed by atoms with Gasteiger partial charge < -0.3 is 15.0 Å². The summed E-state index contributed by atoms with van der Waals surface area (Å²) in [5, 5.41) is 3.00. The average Bonchev–Trinajstić information content (AvgIpc) is 2.46. The highest BCUT2D eigenvalue weighted by atomic mass is 19.1. The fraction of sp³-hybridized carbons (Fsp3) is 0.462. The molecule has 1 aromatic rings. The molecule has 0 bridgehead atoms. The second-order valence-corrected chi connectivity index (χ2v) is 4.29. The van der Waals surface area contributed by atoms with E-state index in [1.54, 1.807) is 4.90 Å². The van der Waals surface area contributed by atoms with Gasteiger partial charge in [-0.15, -0.1) is 0 Å². The molecule has 1 N–H and O–H groups in total. The maximum absolute atomic E-state index is 12.5. The van der Waals surface area contributed by atoms with Crippen molar-refractivity contribution in [3.63, 3.8) is 0 Å². The number of ether oxygens (including phenoxy) is 1. The van der Waals surface area contributed by atoms with Gasteiger partial charge in [-0.25, -0.2) is 9.18 Å².